The van der Waals surface area contributed by atoms with Gasteiger partial charge in [-0.1, -0.05) is 29.8 Å². The summed E-state index contributed by atoms with van der Waals surface area (Å²) in [6.45, 7) is 13.9. The molecule has 0 aromatic heterocycles. The predicted molar refractivity (Wildman–Crippen MR) is 122 cm³/mol. The number of aryl methyl sites for hydroxylation is 1. The summed E-state index contributed by atoms with van der Waals surface area (Å²) in [7, 11) is 0. The number of carbonyl (C=O) groups is 1. The van der Waals surface area contributed by atoms with Crippen LogP contribution in [0, 0.1) is 6.92 Å². The van der Waals surface area contributed by atoms with E-state index in [1.54, 1.807) is 6.92 Å². The van der Waals surface area contributed by atoms with Crippen molar-refractivity contribution >= 4 is 17.5 Å². The molecule has 8 heteroatoms. The van der Waals surface area contributed by atoms with Gasteiger partial charge in [0, 0.05) is 44.9 Å². The number of hydrogen-bond donors (Lipinski definition) is 3. The average molecular weight is 420 g/mol. The van der Waals surface area contributed by atoms with Crippen molar-refractivity contribution in [2.24, 2.45) is 10.2 Å². The van der Waals surface area contributed by atoms with E-state index in [0.29, 0.717) is 13.1 Å². The van der Waals surface area contributed by atoms with E-state index in [2.05, 4.69) is 56.9 Å². The Bertz CT molecular complexity index is 685. The first-order valence-electron chi connectivity index (χ1n) is 10.6. The molecule has 1 fully saturated rings. The molecule has 30 heavy (non-hydrogen) atoms. The van der Waals surface area contributed by atoms with Gasteiger partial charge in [-0.15, -0.1) is 0 Å². The smallest absolute Gasteiger partial charge is 0.315 e. The van der Waals surface area contributed by atoms with Crippen LogP contribution in [-0.2, 0) is 11.3 Å². The summed E-state index contributed by atoms with van der Waals surface area (Å²) in [5.74, 6) is 0. The lowest BCUT2D eigenvalue weighted by Gasteiger charge is -2.26. The topological polar surface area (TPSA) is 98.5 Å². The Hall–Kier alpha value is -2.29. The summed E-state index contributed by atoms with van der Waals surface area (Å²) < 4.78 is 5.32. The van der Waals surface area contributed by atoms with Crippen molar-refractivity contribution in [1.29, 1.82) is 0 Å². The molecule has 3 rings (SSSR count). The minimum atomic E-state index is -0.158. The molecule has 0 spiro atoms. The van der Waals surface area contributed by atoms with Crippen molar-refractivity contribution in [2.45, 2.75) is 40.7 Å². The Morgan fingerprint density at radius 3 is 2.43 bits per heavy atom. The lowest BCUT2D eigenvalue weighted by Crippen LogP contribution is -2.38. The van der Waals surface area contributed by atoms with Crippen LogP contribution in [0.5, 0.6) is 0 Å². The molecule has 1 aromatic rings. The second-order valence-corrected chi connectivity index (χ2v) is 7.09. The number of carbonyl (C=O) groups excluding carboxylic acids is 1. The molecule has 0 aliphatic carbocycles. The fourth-order valence-electron chi connectivity index (χ4n) is 2.85. The molecule has 0 radical (unpaired) electrons. The maximum absolute atomic E-state index is 11.0. The van der Waals surface area contributed by atoms with Crippen LogP contribution in [0.2, 0.25) is 0 Å². The number of urea groups is 1. The molecular formula is C22H37N5O3. The van der Waals surface area contributed by atoms with Crippen LogP contribution in [0.25, 0.3) is 0 Å². The molecule has 1 saturated heterocycles. The summed E-state index contributed by atoms with van der Waals surface area (Å²) in [4.78, 5) is 13.4. The summed E-state index contributed by atoms with van der Waals surface area (Å²) in [5, 5.41) is 20.7. The Kier molecular flexibility index (Phi) is 13.3. The summed E-state index contributed by atoms with van der Waals surface area (Å²) in [6.07, 6.45) is 0.770. The van der Waals surface area contributed by atoms with Crippen molar-refractivity contribution in [3.63, 3.8) is 0 Å². The van der Waals surface area contributed by atoms with E-state index < -0.39 is 0 Å². The number of ether oxygens (including phenoxy) is 1. The minimum Gasteiger partial charge on any atom is -0.397 e. The molecule has 1 aromatic carbocycles. The largest absolute Gasteiger partial charge is 0.397 e. The molecule has 8 nitrogen and oxygen atoms in total. The van der Waals surface area contributed by atoms with Crippen molar-refractivity contribution in [1.82, 2.24) is 15.5 Å². The number of amides is 2. The third kappa shape index (κ3) is 11.6. The highest BCUT2D eigenvalue weighted by molar-refractivity contribution is 6.07. The Labute approximate surface area is 180 Å². The molecule has 0 bridgehead atoms. The number of hydrogen-bond acceptors (Lipinski definition) is 6. The SMILES string of the molecule is CCNC(=O)NCC1=NN=C(C)C1.CCO.Cc1cccc(CN2CCOCC2)c1. The van der Waals surface area contributed by atoms with Crippen molar-refractivity contribution < 1.29 is 14.6 Å². The summed E-state index contributed by atoms with van der Waals surface area (Å²) in [5.41, 5.74) is 4.65. The molecule has 2 heterocycles. The number of rotatable bonds is 5. The van der Waals surface area contributed by atoms with Gasteiger partial charge in [0.25, 0.3) is 0 Å². The number of nitrogens with zero attached hydrogens (tertiary/aromatic N) is 3. The Balaban J connectivity index is 0.000000266. The van der Waals surface area contributed by atoms with E-state index in [4.69, 9.17) is 9.84 Å². The maximum Gasteiger partial charge on any atom is 0.315 e. The molecule has 3 N–H and O–H groups in total. The number of benzene rings is 1. The second-order valence-electron chi connectivity index (χ2n) is 7.09. The van der Waals surface area contributed by atoms with Crippen LogP contribution < -0.4 is 10.6 Å². The molecule has 0 atom stereocenters. The van der Waals surface area contributed by atoms with Gasteiger partial charge in [-0.05, 0) is 33.3 Å². The highest BCUT2D eigenvalue weighted by Crippen LogP contribution is 2.08. The number of nitrogens with one attached hydrogen (secondary N) is 2. The highest BCUT2D eigenvalue weighted by Gasteiger charge is 2.10. The predicted octanol–water partition coefficient (Wildman–Crippen LogP) is 2.35. The zero-order valence-electron chi connectivity index (χ0n) is 18.8. The summed E-state index contributed by atoms with van der Waals surface area (Å²) in [6, 6.07) is 8.57. The Morgan fingerprint density at radius 1 is 1.17 bits per heavy atom. The van der Waals surface area contributed by atoms with Gasteiger partial charge in [0.1, 0.15) is 0 Å². The zero-order valence-corrected chi connectivity index (χ0v) is 18.8. The van der Waals surface area contributed by atoms with Crippen molar-refractivity contribution in [3.05, 3.63) is 35.4 Å². The number of aliphatic hydroxyl groups excluding tert-OH is 1. The van der Waals surface area contributed by atoms with Crippen molar-refractivity contribution in [2.75, 3.05) is 46.0 Å². The van der Waals surface area contributed by atoms with Gasteiger partial charge in [-0.2, -0.15) is 10.2 Å². The van der Waals surface area contributed by atoms with E-state index in [-0.39, 0.29) is 12.6 Å². The Morgan fingerprint density at radius 2 is 1.87 bits per heavy atom. The van der Waals surface area contributed by atoms with Crippen LogP contribution in [0.1, 0.15) is 38.3 Å². The maximum atomic E-state index is 11.0. The van der Waals surface area contributed by atoms with Gasteiger partial charge in [0.2, 0.25) is 0 Å². The van der Waals surface area contributed by atoms with Gasteiger partial charge in [0.15, 0.2) is 0 Å². The minimum absolute atomic E-state index is 0.158. The van der Waals surface area contributed by atoms with E-state index in [0.717, 1.165) is 50.7 Å². The molecule has 168 valence electrons. The molecule has 2 amide bonds. The number of morpholine rings is 1. The standard InChI is InChI=1S/C12H17NO.C8H14N4O.C2H6O/c1-11-3-2-4-12(9-11)10-13-5-7-14-8-6-13;1-3-9-8(13)10-5-7-4-6(2)11-12-7;1-2-3/h2-4,9H,5-8,10H2,1H3;3-5H2,1-2H3,(H2,9,10,13);3H,2H2,1H3. The lowest BCUT2D eigenvalue weighted by atomic mass is 10.1. The van der Waals surface area contributed by atoms with Crippen molar-refractivity contribution in [3.8, 4) is 0 Å². The van der Waals surface area contributed by atoms with E-state index in [1.807, 2.05) is 13.8 Å². The van der Waals surface area contributed by atoms with E-state index in [1.165, 1.54) is 11.1 Å². The van der Waals surface area contributed by atoms with E-state index in [9.17, 15) is 4.79 Å². The summed E-state index contributed by atoms with van der Waals surface area (Å²) >= 11 is 0. The normalized spacial score (nSPS) is 15.6. The molecule has 0 unspecified atom stereocenters. The monoisotopic (exact) mass is 419 g/mol. The van der Waals surface area contributed by atoms with Crippen LogP contribution in [0.3, 0.4) is 0 Å². The molecule has 0 saturated carbocycles. The third-order valence-corrected chi connectivity index (χ3v) is 4.20. The second kappa shape index (κ2) is 15.5. The average Bonchev–Trinajstić information content (AvgIpc) is 3.14. The molecular weight excluding hydrogens is 382 g/mol. The third-order valence-electron chi connectivity index (χ3n) is 4.20. The highest BCUT2D eigenvalue weighted by atomic mass is 16.5. The first-order chi connectivity index (χ1) is 14.5. The first-order valence-corrected chi connectivity index (χ1v) is 10.6. The fourth-order valence-corrected chi connectivity index (χ4v) is 2.85. The van der Waals surface area contributed by atoms with Crippen LogP contribution in [-0.4, -0.2) is 73.5 Å². The van der Waals surface area contributed by atoms with Gasteiger partial charge < -0.3 is 20.5 Å². The van der Waals surface area contributed by atoms with Crippen LogP contribution in [0.15, 0.2) is 34.5 Å². The molecule has 2 aliphatic heterocycles. The van der Waals surface area contributed by atoms with Gasteiger partial charge in [-0.3, -0.25) is 4.90 Å². The zero-order chi connectivity index (χ0) is 22.2. The lowest BCUT2D eigenvalue weighted by molar-refractivity contribution is 0.0342. The molecule has 2 aliphatic rings. The fraction of sp³-hybridized carbons (Fsp3) is 0.591. The first kappa shape index (κ1) is 25.7. The number of aliphatic hydroxyl groups is 1. The van der Waals surface area contributed by atoms with Gasteiger partial charge >= 0.3 is 6.03 Å². The van der Waals surface area contributed by atoms with Crippen LogP contribution in [0.4, 0.5) is 4.79 Å². The quantitative estimate of drug-likeness (QED) is 0.682. The van der Waals surface area contributed by atoms with Gasteiger partial charge in [-0.25, -0.2) is 4.79 Å². The van der Waals surface area contributed by atoms with E-state index >= 15 is 0 Å². The van der Waals surface area contributed by atoms with Crippen LogP contribution >= 0.6 is 0 Å². The van der Waals surface area contributed by atoms with Gasteiger partial charge in [0.05, 0.1) is 25.5 Å².